The standard InChI is InChI=1S/C22H19FN4O5.C8H9NO2/c1-3-8-32-22(31)13-4-5-14-12(11(13)2)6-7-16(14)26-20(28)18-9-17(21(29)30)25-19-15(23)10-24-27(18)19;9-4-6-1-2-7-8(3-6)11-5-10-7/h3-5,9-10,16H,1,6-8H2,2H3,(H,26,28)(H,29,30);1-3H,4-5,9H2/t16-;/m0./s1. The Kier molecular flexibility index (Phi) is 8.34. The number of amides is 1. The molecule has 0 saturated heterocycles. The van der Waals surface area contributed by atoms with Crippen molar-refractivity contribution in [2.24, 2.45) is 5.73 Å². The number of carbonyl (C=O) groups excluding carboxylic acids is 2. The van der Waals surface area contributed by atoms with Crippen LogP contribution in [0.1, 0.15) is 66.1 Å². The van der Waals surface area contributed by atoms with Crippen LogP contribution in [-0.2, 0) is 17.7 Å². The Hall–Kier alpha value is -5.30. The van der Waals surface area contributed by atoms with Gasteiger partial charge >= 0.3 is 11.9 Å². The largest absolute Gasteiger partial charge is 0.477 e. The molecule has 1 aliphatic heterocycles. The summed E-state index contributed by atoms with van der Waals surface area (Å²) in [6.45, 7) is 6.32. The zero-order valence-electron chi connectivity index (χ0n) is 23.1. The number of fused-ring (bicyclic) bond motifs is 3. The summed E-state index contributed by atoms with van der Waals surface area (Å²) in [6, 6.07) is 9.83. The lowest BCUT2D eigenvalue weighted by Gasteiger charge is -2.16. The number of halogens is 1. The zero-order valence-corrected chi connectivity index (χ0v) is 23.1. The maximum absolute atomic E-state index is 13.9. The number of nitrogens with two attached hydrogens (primary N) is 1. The molecule has 2 aromatic carbocycles. The molecule has 12 nitrogen and oxygen atoms in total. The highest BCUT2D eigenvalue weighted by Crippen LogP contribution is 2.35. The number of ether oxygens (including phenoxy) is 3. The quantitative estimate of drug-likeness (QED) is 0.214. The van der Waals surface area contributed by atoms with Crippen molar-refractivity contribution in [1.29, 1.82) is 0 Å². The third-order valence-electron chi connectivity index (χ3n) is 7.10. The first-order valence-corrected chi connectivity index (χ1v) is 13.3. The van der Waals surface area contributed by atoms with Gasteiger partial charge in [-0.3, -0.25) is 4.79 Å². The van der Waals surface area contributed by atoms with E-state index in [2.05, 4.69) is 22.0 Å². The van der Waals surface area contributed by atoms with E-state index in [0.717, 1.165) is 50.5 Å². The summed E-state index contributed by atoms with van der Waals surface area (Å²) < 4.78 is 30.3. The molecule has 13 heteroatoms. The van der Waals surface area contributed by atoms with Crippen LogP contribution < -0.4 is 20.5 Å². The number of esters is 1. The first-order valence-electron chi connectivity index (χ1n) is 13.3. The number of carboxylic acids is 1. The first kappa shape index (κ1) is 29.2. The molecule has 6 rings (SSSR count). The molecule has 2 aliphatic rings. The van der Waals surface area contributed by atoms with E-state index in [1.807, 2.05) is 25.1 Å². The first-order chi connectivity index (χ1) is 20.7. The summed E-state index contributed by atoms with van der Waals surface area (Å²) in [5.41, 5.74) is 8.58. The number of aromatic carboxylic acids is 1. The summed E-state index contributed by atoms with van der Waals surface area (Å²) in [5.74, 6) is -1.68. The molecule has 4 aromatic rings. The Bertz CT molecular complexity index is 1750. The van der Waals surface area contributed by atoms with Crippen molar-refractivity contribution in [1.82, 2.24) is 19.9 Å². The summed E-state index contributed by atoms with van der Waals surface area (Å²) in [7, 11) is 0. The summed E-state index contributed by atoms with van der Waals surface area (Å²) in [4.78, 5) is 40.3. The fourth-order valence-electron chi connectivity index (χ4n) is 4.97. The highest BCUT2D eigenvalue weighted by molar-refractivity contribution is 5.96. The molecule has 0 spiro atoms. The van der Waals surface area contributed by atoms with E-state index >= 15 is 0 Å². The maximum Gasteiger partial charge on any atom is 0.354 e. The molecule has 0 fully saturated rings. The van der Waals surface area contributed by atoms with Crippen LogP contribution in [0.2, 0.25) is 0 Å². The Balaban J connectivity index is 0.000000279. The Morgan fingerprint density at radius 2 is 2.02 bits per heavy atom. The lowest BCUT2D eigenvalue weighted by molar-refractivity contribution is 0.0548. The number of rotatable bonds is 7. The summed E-state index contributed by atoms with van der Waals surface area (Å²) in [5, 5.41) is 15.9. The predicted octanol–water partition coefficient (Wildman–Crippen LogP) is 3.51. The van der Waals surface area contributed by atoms with Gasteiger partial charge in [-0.2, -0.15) is 5.10 Å². The third-order valence-corrected chi connectivity index (χ3v) is 7.10. The smallest absolute Gasteiger partial charge is 0.354 e. The average Bonchev–Trinajstić information content (AvgIpc) is 3.74. The van der Waals surface area contributed by atoms with Gasteiger partial charge in [0.05, 0.1) is 17.8 Å². The van der Waals surface area contributed by atoms with Gasteiger partial charge in [0, 0.05) is 12.6 Å². The fraction of sp³-hybridized carbons (Fsp3) is 0.233. The van der Waals surface area contributed by atoms with Crippen molar-refractivity contribution in [3.8, 4) is 11.5 Å². The van der Waals surface area contributed by atoms with Crippen LogP contribution in [0.5, 0.6) is 11.5 Å². The Morgan fingerprint density at radius 1 is 1.23 bits per heavy atom. The van der Waals surface area contributed by atoms with Crippen LogP contribution in [-0.4, -0.2) is 51.0 Å². The van der Waals surface area contributed by atoms with Crippen LogP contribution in [0.4, 0.5) is 4.39 Å². The lowest BCUT2D eigenvalue weighted by atomic mass is 9.98. The van der Waals surface area contributed by atoms with Gasteiger partial charge in [-0.05, 0) is 60.2 Å². The van der Waals surface area contributed by atoms with Crippen molar-refractivity contribution in [3.05, 3.63) is 100 Å². The molecule has 1 atom stereocenters. The van der Waals surface area contributed by atoms with Crippen molar-refractivity contribution >= 4 is 23.5 Å². The number of hydrogen-bond acceptors (Lipinski definition) is 9. The molecule has 0 unspecified atom stereocenters. The zero-order chi connectivity index (χ0) is 30.7. The minimum Gasteiger partial charge on any atom is -0.477 e. The van der Waals surface area contributed by atoms with E-state index < -0.39 is 29.4 Å². The second kappa shape index (κ2) is 12.3. The molecule has 2 aromatic heterocycles. The van der Waals surface area contributed by atoms with Gasteiger partial charge in [0.25, 0.3) is 5.91 Å². The Labute approximate surface area is 244 Å². The molecular formula is C30H28FN5O7. The van der Waals surface area contributed by atoms with E-state index in [4.69, 9.17) is 19.9 Å². The fourth-order valence-corrected chi connectivity index (χ4v) is 4.97. The maximum atomic E-state index is 13.9. The van der Waals surface area contributed by atoms with Gasteiger partial charge in [-0.15, -0.1) is 0 Å². The minimum atomic E-state index is -1.39. The van der Waals surface area contributed by atoms with Crippen LogP contribution in [0.25, 0.3) is 5.65 Å². The lowest BCUT2D eigenvalue weighted by Crippen LogP contribution is -2.29. The van der Waals surface area contributed by atoms with Gasteiger partial charge in [-0.25, -0.2) is 23.5 Å². The van der Waals surface area contributed by atoms with Crippen LogP contribution in [0, 0.1) is 12.7 Å². The molecule has 43 heavy (non-hydrogen) atoms. The average molecular weight is 590 g/mol. The van der Waals surface area contributed by atoms with E-state index in [-0.39, 0.29) is 24.0 Å². The van der Waals surface area contributed by atoms with Crippen molar-refractivity contribution in [2.45, 2.75) is 32.4 Å². The van der Waals surface area contributed by atoms with Gasteiger partial charge in [-0.1, -0.05) is 24.8 Å². The SMILES string of the molecule is C=CCOC(=O)c1ccc2c(c1C)CC[C@@H]2NC(=O)c1cc(C(=O)O)nc2c(F)cnn12.NCc1ccc2c(c1)OCO2. The normalized spacial score (nSPS) is 14.4. The van der Waals surface area contributed by atoms with E-state index in [1.165, 1.54) is 6.08 Å². The molecule has 1 aliphatic carbocycles. The molecule has 3 heterocycles. The van der Waals surface area contributed by atoms with Crippen LogP contribution in [0.3, 0.4) is 0 Å². The van der Waals surface area contributed by atoms with Crippen molar-refractivity contribution in [2.75, 3.05) is 13.4 Å². The predicted molar refractivity (Wildman–Crippen MR) is 151 cm³/mol. The molecule has 0 radical (unpaired) electrons. The van der Waals surface area contributed by atoms with E-state index in [0.29, 0.717) is 31.7 Å². The number of carboxylic acid groups (broad SMARTS) is 1. The van der Waals surface area contributed by atoms with Gasteiger partial charge < -0.3 is 30.4 Å². The number of aromatic nitrogens is 3. The van der Waals surface area contributed by atoms with E-state index in [1.54, 1.807) is 12.1 Å². The topological polar surface area (TPSA) is 167 Å². The van der Waals surface area contributed by atoms with E-state index in [9.17, 15) is 23.9 Å². The van der Waals surface area contributed by atoms with Gasteiger partial charge in [0.1, 0.15) is 12.3 Å². The summed E-state index contributed by atoms with van der Waals surface area (Å²) >= 11 is 0. The summed E-state index contributed by atoms with van der Waals surface area (Å²) in [6.07, 6.45) is 3.58. The number of carbonyl (C=O) groups is 3. The van der Waals surface area contributed by atoms with Crippen LogP contribution in [0.15, 0.2) is 55.3 Å². The van der Waals surface area contributed by atoms with Crippen LogP contribution >= 0.6 is 0 Å². The van der Waals surface area contributed by atoms with Gasteiger partial charge in [0.2, 0.25) is 6.79 Å². The minimum absolute atomic E-state index is 0.112. The molecule has 222 valence electrons. The Morgan fingerprint density at radius 3 is 2.77 bits per heavy atom. The number of nitrogens with zero attached hydrogens (tertiary/aromatic N) is 3. The molecule has 0 saturated carbocycles. The monoisotopic (exact) mass is 589 g/mol. The molecule has 4 N–H and O–H groups in total. The second-order valence-electron chi connectivity index (χ2n) is 9.71. The molecule has 1 amide bonds. The highest BCUT2D eigenvalue weighted by atomic mass is 19.1. The number of benzene rings is 2. The third kappa shape index (κ3) is 5.88. The number of nitrogens with one attached hydrogen (secondary N) is 1. The number of hydrogen-bond donors (Lipinski definition) is 3. The van der Waals surface area contributed by atoms with Gasteiger partial charge in [0.15, 0.2) is 28.7 Å². The second-order valence-corrected chi connectivity index (χ2v) is 9.71. The molecular weight excluding hydrogens is 561 g/mol. The highest BCUT2D eigenvalue weighted by Gasteiger charge is 2.29. The van der Waals surface area contributed by atoms with Crippen molar-refractivity contribution < 1.29 is 38.1 Å². The van der Waals surface area contributed by atoms with Crippen molar-refractivity contribution in [3.63, 3.8) is 0 Å². The molecule has 0 bridgehead atoms.